The van der Waals surface area contributed by atoms with Crippen LogP contribution in [0.25, 0.3) is 11.2 Å². The Kier molecular flexibility index (Phi) is 7.35. The highest BCUT2D eigenvalue weighted by Gasteiger charge is 2.31. The van der Waals surface area contributed by atoms with Gasteiger partial charge in [0.05, 0.1) is 6.54 Å². The number of aryl methyl sites for hydroxylation is 1. The molecule has 0 aliphatic carbocycles. The van der Waals surface area contributed by atoms with Gasteiger partial charge in [-0.25, -0.2) is 9.97 Å². The number of piperidine rings is 1. The summed E-state index contributed by atoms with van der Waals surface area (Å²) in [5, 5.41) is 6.46. The summed E-state index contributed by atoms with van der Waals surface area (Å²) in [4.78, 5) is 21.7. The summed E-state index contributed by atoms with van der Waals surface area (Å²) in [7, 11) is 0. The molecule has 0 bridgehead atoms. The molecule has 2 aromatic heterocycles. The summed E-state index contributed by atoms with van der Waals surface area (Å²) in [6, 6.07) is 9.48. The summed E-state index contributed by atoms with van der Waals surface area (Å²) in [6.07, 6.45) is -0.248. The molecule has 3 heterocycles. The second-order valence-electron chi connectivity index (χ2n) is 8.60. The zero-order chi connectivity index (χ0) is 24.1. The number of imidazole rings is 1. The van der Waals surface area contributed by atoms with Gasteiger partial charge in [0.1, 0.15) is 17.1 Å². The maximum atomic E-state index is 12.6. The fraction of sp³-hybridized carbons (Fsp3) is 0.458. The molecule has 0 saturated carbocycles. The Morgan fingerprint density at radius 2 is 1.97 bits per heavy atom. The topological polar surface area (TPSA) is 81.1 Å². The molecular weight excluding hydrogens is 447 g/mol. The quantitative estimate of drug-likeness (QED) is 0.518. The zero-order valence-corrected chi connectivity index (χ0v) is 18.9. The number of hydrogen-bond donors (Lipinski definition) is 2. The Bertz CT molecular complexity index is 1110. The number of alkyl halides is 3. The first-order valence-corrected chi connectivity index (χ1v) is 11.4. The number of halogens is 3. The lowest BCUT2D eigenvalue weighted by atomic mass is 9.91. The van der Waals surface area contributed by atoms with Gasteiger partial charge in [-0.2, -0.15) is 0 Å². The predicted octanol–water partition coefficient (Wildman–Crippen LogP) is 3.82. The zero-order valence-electron chi connectivity index (χ0n) is 18.9. The SMILES string of the molecule is CC(NC(=O)CCc1nc2cccnc2n1Cc1ccc(OC(F)(F)F)cc1)C1CCNCC1. The van der Waals surface area contributed by atoms with Gasteiger partial charge >= 0.3 is 6.36 Å². The Balaban J connectivity index is 1.44. The molecule has 1 amide bonds. The van der Waals surface area contributed by atoms with Crippen molar-refractivity contribution >= 4 is 17.1 Å². The second-order valence-corrected chi connectivity index (χ2v) is 8.60. The molecule has 3 aromatic rings. The minimum atomic E-state index is -4.73. The molecule has 4 rings (SSSR count). The molecule has 10 heteroatoms. The van der Waals surface area contributed by atoms with Crippen LogP contribution in [-0.2, 0) is 17.8 Å². The van der Waals surface area contributed by atoms with Gasteiger partial charge < -0.3 is 19.9 Å². The van der Waals surface area contributed by atoms with E-state index in [-0.39, 0.29) is 24.1 Å². The summed E-state index contributed by atoms with van der Waals surface area (Å²) >= 11 is 0. The number of pyridine rings is 1. The van der Waals surface area contributed by atoms with Gasteiger partial charge in [0.15, 0.2) is 5.65 Å². The molecule has 1 saturated heterocycles. The van der Waals surface area contributed by atoms with E-state index in [0.717, 1.165) is 31.5 Å². The van der Waals surface area contributed by atoms with E-state index in [1.165, 1.54) is 12.1 Å². The van der Waals surface area contributed by atoms with E-state index in [2.05, 4.69) is 32.3 Å². The molecule has 1 fully saturated rings. The number of amides is 1. The van der Waals surface area contributed by atoms with Gasteiger partial charge in [-0.15, -0.1) is 13.2 Å². The fourth-order valence-corrected chi connectivity index (χ4v) is 4.36. The summed E-state index contributed by atoms with van der Waals surface area (Å²) in [5.74, 6) is 0.883. The molecule has 0 spiro atoms. The van der Waals surface area contributed by atoms with Gasteiger partial charge in [0.2, 0.25) is 5.91 Å². The fourth-order valence-electron chi connectivity index (χ4n) is 4.36. The van der Waals surface area contributed by atoms with E-state index in [1.807, 2.05) is 10.6 Å². The Hall–Kier alpha value is -3.14. The highest BCUT2D eigenvalue weighted by atomic mass is 19.4. The van der Waals surface area contributed by atoms with Crippen LogP contribution in [0.4, 0.5) is 13.2 Å². The minimum Gasteiger partial charge on any atom is -0.406 e. The molecule has 1 atom stereocenters. The summed E-state index contributed by atoms with van der Waals surface area (Å²) in [5.41, 5.74) is 2.14. The average molecular weight is 476 g/mol. The van der Waals surface area contributed by atoms with Crippen LogP contribution in [0.15, 0.2) is 42.6 Å². The maximum absolute atomic E-state index is 12.6. The van der Waals surface area contributed by atoms with Crippen LogP contribution in [0.1, 0.15) is 37.6 Å². The van der Waals surface area contributed by atoms with Crippen LogP contribution in [0.3, 0.4) is 0 Å². The Morgan fingerprint density at radius 1 is 1.24 bits per heavy atom. The van der Waals surface area contributed by atoms with E-state index in [9.17, 15) is 18.0 Å². The highest BCUT2D eigenvalue weighted by Crippen LogP contribution is 2.24. The standard InChI is InChI=1S/C24H28F3N5O2/c1-16(18-10-13-28-14-11-18)30-22(33)9-8-21-31-20-3-2-12-29-23(20)32(21)15-17-4-6-19(7-5-17)34-24(25,26)27/h2-7,12,16,18,28H,8-11,13-15H2,1H3,(H,30,33). The number of hydrogen-bond acceptors (Lipinski definition) is 5. The van der Waals surface area contributed by atoms with E-state index in [4.69, 9.17) is 0 Å². The van der Waals surface area contributed by atoms with Crippen molar-refractivity contribution in [3.63, 3.8) is 0 Å². The average Bonchev–Trinajstić information content (AvgIpc) is 3.16. The van der Waals surface area contributed by atoms with Crippen molar-refractivity contribution in [2.45, 2.75) is 51.6 Å². The van der Waals surface area contributed by atoms with Crippen LogP contribution in [0.2, 0.25) is 0 Å². The van der Waals surface area contributed by atoms with Crippen molar-refractivity contribution in [1.82, 2.24) is 25.2 Å². The minimum absolute atomic E-state index is 0.0220. The van der Waals surface area contributed by atoms with E-state index in [0.29, 0.717) is 35.9 Å². The number of nitrogens with one attached hydrogen (secondary N) is 2. The predicted molar refractivity (Wildman–Crippen MR) is 121 cm³/mol. The van der Waals surface area contributed by atoms with Crippen LogP contribution in [-0.4, -0.2) is 45.9 Å². The van der Waals surface area contributed by atoms with Crippen LogP contribution >= 0.6 is 0 Å². The molecule has 34 heavy (non-hydrogen) atoms. The van der Waals surface area contributed by atoms with Crippen molar-refractivity contribution in [3.8, 4) is 5.75 Å². The van der Waals surface area contributed by atoms with Crippen LogP contribution < -0.4 is 15.4 Å². The monoisotopic (exact) mass is 475 g/mol. The summed E-state index contributed by atoms with van der Waals surface area (Å²) in [6.45, 7) is 4.37. The lowest BCUT2D eigenvalue weighted by Gasteiger charge is -2.28. The van der Waals surface area contributed by atoms with Gasteiger partial charge in [0, 0.05) is 25.1 Å². The van der Waals surface area contributed by atoms with E-state index < -0.39 is 6.36 Å². The number of carbonyl (C=O) groups excluding carboxylic acids is 1. The van der Waals surface area contributed by atoms with E-state index >= 15 is 0 Å². The van der Waals surface area contributed by atoms with Crippen molar-refractivity contribution in [2.24, 2.45) is 5.92 Å². The third-order valence-electron chi connectivity index (χ3n) is 6.14. The molecule has 1 aliphatic heterocycles. The van der Waals surface area contributed by atoms with Crippen molar-refractivity contribution < 1.29 is 22.7 Å². The third kappa shape index (κ3) is 6.25. The van der Waals surface area contributed by atoms with Gasteiger partial charge in [-0.1, -0.05) is 12.1 Å². The molecule has 1 unspecified atom stereocenters. The number of carbonyl (C=O) groups is 1. The molecule has 182 valence electrons. The van der Waals surface area contributed by atoms with Crippen molar-refractivity contribution in [3.05, 3.63) is 54.0 Å². The Labute approximate surface area is 195 Å². The first kappa shape index (κ1) is 24.0. The second kappa shape index (κ2) is 10.4. The molecule has 1 aromatic carbocycles. The number of rotatable bonds is 8. The molecule has 1 aliphatic rings. The lowest BCUT2D eigenvalue weighted by Crippen LogP contribution is -2.42. The molecular formula is C24H28F3N5O2. The third-order valence-corrected chi connectivity index (χ3v) is 6.14. The normalized spacial score (nSPS) is 15.9. The number of benzene rings is 1. The van der Waals surface area contributed by atoms with Gasteiger partial charge in [-0.05, 0) is 68.6 Å². The summed E-state index contributed by atoms with van der Waals surface area (Å²) < 4.78 is 43.1. The number of fused-ring (bicyclic) bond motifs is 1. The first-order valence-electron chi connectivity index (χ1n) is 11.4. The maximum Gasteiger partial charge on any atom is 0.573 e. The molecule has 2 N–H and O–H groups in total. The van der Waals surface area contributed by atoms with Gasteiger partial charge in [0.25, 0.3) is 0 Å². The van der Waals surface area contributed by atoms with Crippen molar-refractivity contribution in [1.29, 1.82) is 0 Å². The van der Waals surface area contributed by atoms with Crippen LogP contribution in [0, 0.1) is 5.92 Å². The Morgan fingerprint density at radius 3 is 2.68 bits per heavy atom. The lowest BCUT2D eigenvalue weighted by molar-refractivity contribution is -0.274. The van der Waals surface area contributed by atoms with Crippen LogP contribution in [0.5, 0.6) is 5.75 Å². The number of nitrogens with zero attached hydrogens (tertiary/aromatic N) is 3. The number of aromatic nitrogens is 3. The highest BCUT2D eigenvalue weighted by molar-refractivity contribution is 5.77. The smallest absolute Gasteiger partial charge is 0.406 e. The molecule has 0 radical (unpaired) electrons. The molecule has 7 nitrogen and oxygen atoms in total. The first-order chi connectivity index (χ1) is 16.3. The number of ether oxygens (including phenoxy) is 1. The van der Waals surface area contributed by atoms with E-state index in [1.54, 1.807) is 24.4 Å². The largest absolute Gasteiger partial charge is 0.573 e. The van der Waals surface area contributed by atoms with Crippen molar-refractivity contribution in [2.75, 3.05) is 13.1 Å². The van der Waals surface area contributed by atoms with Gasteiger partial charge in [-0.3, -0.25) is 4.79 Å².